The molecule has 0 atom stereocenters. The first-order valence-electron chi connectivity index (χ1n) is 7.88. The molecule has 20 heavy (non-hydrogen) atoms. The Bertz CT molecular complexity index is 427. The Hall–Kier alpha value is -1.09. The summed E-state index contributed by atoms with van der Waals surface area (Å²) in [6, 6.07) is 5.87. The van der Waals surface area contributed by atoms with Crippen molar-refractivity contribution in [3.05, 3.63) is 29.6 Å². The van der Waals surface area contributed by atoms with Gasteiger partial charge in [-0.1, -0.05) is 13.0 Å². The Morgan fingerprint density at radius 2 is 2.10 bits per heavy atom. The minimum atomic E-state index is -0.0902. The second-order valence-corrected chi connectivity index (χ2v) is 6.10. The van der Waals surface area contributed by atoms with Crippen LogP contribution in [0.25, 0.3) is 0 Å². The first-order chi connectivity index (χ1) is 9.63. The van der Waals surface area contributed by atoms with Gasteiger partial charge in [-0.2, -0.15) is 0 Å². The summed E-state index contributed by atoms with van der Waals surface area (Å²) in [6.07, 6.45) is 3.71. The van der Waals surface area contributed by atoms with Gasteiger partial charge < -0.3 is 10.2 Å². The molecule has 1 N–H and O–H groups in total. The molecular formula is C17H27FN2. The van der Waals surface area contributed by atoms with E-state index in [1.165, 1.54) is 12.8 Å². The Morgan fingerprint density at radius 3 is 2.70 bits per heavy atom. The molecule has 1 saturated carbocycles. The number of nitrogens with zero attached hydrogens (tertiary/aromatic N) is 1. The normalized spacial score (nSPS) is 14.8. The zero-order chi connectivity index (χ0) is 14.5. The molecule has 0 spiro atoms. The highest BCUT2D eigenvalue weighted by atomic mass is 19.1. The molecule has 1 aromatic rings. The Kier molecular flexibility index (Phi) is 5.41. The van der Waals surface area contributed by atoms with E-state index >= 15 is 0 Å². The quantitative estimate of drug-likeness (QED) is 0.724. The highest BCUT2D eigenvalue weighted by Gasteiger charge is 2.27. The van der Waals surface area contributed by atoms with Crippen LogP contribution in [0.15, 0.2) is 18.2 Å². The maximum Gasteiger partial charge on any atom is 0.129 e. The van der Waals surface area contributed by atoms with Crippen molar-refractivity contribution < 1.29 is 4.39 Å². The van der Waals surface area contributed by atoms with Crippen LogP contribution in [0.5, 0.6) is 0 Å². The number of benzene rings is 1. The van der Waals surface area contributed by atoms with Crippen molar-refractivity contribution in [2.24, 2.45) is 5.92 Å². The molecule has 2 rings (SSSR count). The lowest BCUT2D eigenvalue weighted by atomic mass is 10.1. The molecule has 3 heteroatoms. The topological polar surface area (TPSA) is 15.3 Å². The van der Waals surface area contributed by atoms with E-state index in [2.05, 4.69) is 37.1 Å². The highest BCUT2D eigenvalue weighted by Crippen LogP contribution is 2.34. The standard InChI is InChI=1S/C17H27FN2/c1-4-10-19-11-15-16(18)6-5-7-17(15)20(13(2)3)12-14-8-9-14/h5-7,13-14,19H,4,8-12H2,1-3H3. The Morgan fingerprint density at radius 1 is 1.35 bits per heavy atom. The van der Waals surface area contributed by atoms with Gasteiger partial charge in [-0.3, -0.25) is 0 Å². The van der Waals surface area contributed by atoms with Gasteiger partial charge >= 0.3 is 0 Å². The number of rotatable bonds is 8. The van der Waals surface area contributed by atoms with Crippen LogP contribution < -0.4 is 10.2 Å². The molecular weight excluding hydrogens is 251 g/mol. The average Bonchev–Trinajstić information content (AvgIpc) is 3.22. The second kappa shape index (κ2) is 7.07. The third-order valence-corrected chi connectivity index (χ3v) is 3.91. The van der Waals surface area contributed by atoms with Crippen LogP contribution in [-0.4, -0.2) is 19.1 Å². The largest absolute Gasteiger partial charge is 0.368 e. The van der Waals surface area contributed by atoms with E-state index in [1.807, 2.05) is 6.07 Å². The monoisotopic (exact) mass is 278 g/mol. The Labute approximate surface area is 122 Å². The summed E-state index contributed by atoms with van der Waals surface area (Å²) in [7, 11) is 0. The molecule has 0 aromatic heterocycles. The van der Waals surface area contributed by atoms with E-state index < -0.39 is 0 Å². The van der Waals surface area contributed by atoms with E-state index in [0.717, 1.165) is 36.7 Å². The van der Waals surface area contributed by atoms with E-state index in [4.69, 9.17) is 0 Å². The number of anilines is 1. The van der Waals surface area contributed by atoms with E-state index in [9.17, 15) is 4.39 Å². The molecule has 1 aromatic carbocycles. The summed E-state index contributed by atoms with van der Waals surface area (Å²) in [4.78, 5) is 2.36. The number of hydrogen-bond donors (Lipinski definition) is 1. The molecule has 0 unspecified atom stereocenters. The van der Waals surface area contributed by atoms with Crippen LogP contribution in [0.1, 0.15) is 45.6 Å². The van der Waals surface area contributed by atoms with Gasteiger partial charge in [0.05, 0.1) is 0 Å². The maximum atomic E-state index is 14.2. The lowest BCUT2D eigenvalue weighted by Gasteiger charge is -2.31. The molecule has 1 aliphatic rings. The SMILES string of the molecule is CCCNCc1c(F)cccc1N(CC1CC1)C(C)C. The van der Waals surface area contributed by atoms with E-state index in [1.54, 1.807) is 6.07 Å². The van der Waals surface area contributed by atoms with Gasteiger partial charge in [-0.15, -0.1) is 0 Å². The maximum absolute atomic E-state index is 14.2. The predicted molar refractivity (Wildman–Crippen MR) is 83.6 cm³/mol. The lowest BCUT2D eigenvalue weighted by molar-refractivity contribution is 0.577. The zero-order valence-corrected chi connectivity index (χ0v) is 13.0. The van der Waals surface area contributed by atoms with Gasteiger partial charge in [0.25, 0.3) is 0 Å². The molecule has 0 bridgehead atoms. The van der Waals surface area contributed by atoms with Crippen molar-refractivity contribution in [3.63, 3.8) is 0 Å². The fourth-order valence-corrected chi connectivity index (χ4v) is 2.55. The van der Waals surface area contributed by atoms with Crippen molar-refractivity contribution >= 4 is 5.69 Å². The molecule has 1 fully saturated rings. The Balaban J connectivity index is 2.20. The molecule has 0 heterocycles. The summed E-state index contributed by atoms with van der Waals surface area (Å²) < 4.78 is 14.2. The first-order valence-corrected chi connectivity index (χ1v) is 7.88. The van der Waals surface area contributed by atoms with Gasteiger partial charge in [0.15, 0.2) is 0 Å². The number of nitrogens with one attached hydrogen (secondary N) is 1. The smallest absolute Gasteiger partial charge is 0.129 e. The van der Waals surface area contributed by atoms with Gasteiger partial charge in [-0.05, 0) is 57.7 Å². The van der Waals surface area contributed by atoms with E-state index in [0.29, 0.717) is 12.6 Å². The third-order valence-electron chi connectivity index (χ3n) is 3.91. The molecule has 0 aliphatic heterocycles. The molecule has 0 radical (unpaired) electrons. The van der Waals surface area contributed by atoms with Crippen molar-refractivity contribution in [1.29, 1.82) is 0 Å². The van der Waals surface area contributed by atoms with Crippen LogP contribution in [0, 0.1) is 11.7 Å². The predicted octanol–water partition coefficient (Wildman–Crippen LogP) is 3.95. The summed E-state index contributed by atoms with van der Waals surface area (Å²) in [5.41, 5.74) is 1.88. The molecule has 112 valence electrons. The van der Waals surface area contributed by atoms with Crippen LogP contribution in [0.3, 0.4) is 0 Å². The van der Waals surface area contributed by atoms with Crippen LogP contribution in [0.4, 0.5) is 10.1 Å². The van der Waals surface area contributed by atoms with Crippen LogP contribution >= 0.6 is 0 Å². The minimum Gasteiger partial charge on any atom is -0.368 e. The van der Waals surface area contributed by atoms with E-state index in [-0.39, 0.29) is 5.82 Å². The van der Waals surface area contributed by atoms with Gasteiger partial charge in [-0.25, -0.2) is 4.39 Å². The van der Waals surface area contributed by atoms with Crippen molar-refractivity contribution in [1.82, 2.24) is 5.32 Å². The van der Waals surface area contributed by atoms with Crippen LogP contribution in [0.2, 0.25) is 0 Å². The van der Waals surface area contributed by atoms with Gasteiger partial charge in [0.2, 0.25) is 0 Å². The second-order valence-electron chi connectivity index (χ2n) is 6.10. The summed E-state index contributed by atoms with van der Waals surface area (Å²) in [5, 5.41) is 3.33. The fourth-order valence-electron chi connectivity index (χ4n) is 2.55. The molecule has 2 nitrogen and oxygen atoms in total. The van der Waals surface area contributed by atoms with Gasteiger partial charge in [0.1, 0.15) is 5.82 Å². The molecule has 0 amide bonds. The number of hydrogen-bond acceptors (Lipinski definition) is 2. The van der Waals surface area contributed by atoms with Gasteiger partial charge in [0, 0.05) is 30.4 Å². The van der Waals surface area contributed by atoms with Crippen molar-refractivity contribution in [3.8, 4) is 0 Å². The minimum absolute atomic E-state index is 0.0902. The molecule has 0 saturated heterocycles. The van der Waals surface area contributed by atoms with Crippen molar-refractivity contribution in [2.45, 2.75) is 52.6 Å². The third kappa shape index (κ3) is 3.95. The first kappa shape index (κ1) is 15.3. The number of halogens is 1. The molecule has 1 aliphatic carbocycles. The van der Waals surface area contributed by atoms with Crippen LogP contribution in [-0.2, 0) is 6.54 Å². The average molecular weight is 278 g/mol. The van der Waals surface area contributed by atoms with Crippen molar-refractivity contribution in [2.75, 3.05) is 18.0 Å². The zero-order valence-electron chi connectivity index (χ0n) is 13.0. The highest BCUT2D eigenvalue weighted by molar-refractivity contribution is 5.55. The summed E-state index contributed by atoms with van der Waals surface area (Å²) in [6.45, 7) is 9.11. The fraction of sp³-hybridized carbons (Fsp3) is 0.647. The lowest BCUT2D eigenvalue weighted by Crippen LogP contribution is -2.34. The summed E-state index contributed by atoms with van der Waals surface area (Å²) in [5.74, 6) is 0.713. The summed E-state index contributed by atoms with van der Waals surface area (Å²) >= 11 is 0.